The molecule has 0 aliphatic heterocycles. The van der Waals surface area contributed by atoms with Gasteiger partial charge in [0.25, 0.3) is 0 Å². The molecule has 0 saturated heterocycles. The summed E-state index contributed by atoms with van der Waals surface area (Å²) in [5.74, 6) is 0.614. The Kier molecular flexibility index (Phi) is 4.92. The number of fused-ring (bicyclic) bond motifs is 5. The van der Waals surface area contributed by atoms with Crippen molar-refractivity contribution in [1.82, 2.24) is 9.97 Å². The number of nitrogens with zero attached hydrogens (tertiary/aromatic N) is 2. The third-order valence-corrected chi connectivity index (χ3v) is 9.36. The molecule has 0 atom stereocenters. The molecule has 2 heteroatoms. The highest BCUT2D eigenvalue weighted by Crippen LogP contribution is 2.50. The maximum Gasteiger partial charge on any atom is 0.160 e. The fourth-order valence-corrected chi connectivity index (χ4v) is 7.02. The van der Waals surface area contributed by atoms with Gasteiger partial charge in [0, 0.05) is 30.3 Å². The quantitative estimate of drug-likeness (QED) is 0.199. The highest BCUT2D eigenvalue weighted by Gasteiger charge is 2.35. The Morgan fingerprint density at radius 2 is 1.06 bits per heavy atom. The molecule has 1 aliphatic rings. The van der Waals surface area contributed by atoms with Gasteiger partial charge in [0.05, 0.1) is 11.4 Å². The largest absolute Gasteiger partial charge is 0.228 e. The monoisotopic (exact) mass is 606 g/mol. The molecule has 1 heterocycles. The molecule has 0 fully saturated rings. The summed E-state index contributed by atoms with van der Waals surface area (Å²) in [6.45, 7) is -5.67. The number of hydrogen-bond donors (Lipinski definition) is 0. The maximum absolute atomic E-state index is 8.68. The molecule has 9 rings (SSSR count). The molecule has 2 nitrogen and oxygen atoms in total. The summed E-state index contributed by atoms with van der Waals surface area (Å²) in [5, 5.41) is 4.16. The van der Waals surface area contributed by atoms with E-state index in [1.165, 1.54) is 0 Å². The molecule has 0 unspecified atom stereocenters. The number of rotatable bonds is 4. The van der Waals surface area contributed by atoms with Gasteiger partial charge in [-0.05, 0) is 73.1 Å². The molecule has 1 aromatic heterocycles. The summed E-state index contributed by atoms with van der Waals surface area (Å²) in [6.07, 6.45) is 0. The van der Waals surface area contributed by atoms with Crippen molar-refractivity contribution in [3.8, 4) is 56.2 Å². The molecule has 0 saturated carbocycles. The van der Waals surface area contributed by atoms with E-state index in [1.807, 2.05) is 103 Å². The molecule has 7 aromatic carbocycles. The summed E-state index contributed by atoms with van der Waals surface area (Å²) in [4.78, 5) is 10.2. The first-order valence-electron chi connectivity index (χ1n) is 18.8. The Hall–Kier alpha value is -5.86. The first-order valence-corrected chi connectivity index (χ1v) is 15.8. The van der Waals surface area contributed by atoms with Gasteiger partial charge in [0.2, 0.25) is 0 Å². The van der Waals surface area contributed by atoms with E-state index < -0.39 is 19.1 Å². The summed E-state index contributed by atoms with van der Waals surface area (Å²) in [5.41, 5.74) is 5.68. The SMILES string of the molecule is [2H]C([2H])([2H])C1(C([2H])([2H])[2H])c2ccccc2-c2ccc(-c3ccc(-c4cc(-c5ccc6ccccc6c5)nc(-c5ccccc5)n4)c4ccccc34)cc21. The minimum absolute atomic E-state index is 0.299. The minimum Gasteiger partial charge on any atom is -0.228 e. The van der Waals surface area contributed by atoms with Crippen LogP contribution in [0.4, 0.5) is 0 Å². The molecule has 222 valence electrons. The second-order valence-electron chi connectivity index (χ2n) is 12.2. The van der Waals surface area contributed by atoms with Crippen LogP contribution in [0.25, 0.3) is 77.7 Å². The van der Waals surface area contributed by atoms with Gasteiger partial charge in [-0.15, -0.1) is 0 Å². The van der Waals surface area contributed by atoms with Crippen molar-refractivity contribution in [3.63, 3.8) is 0 Å². The van der Waals surface area contributed by atoms with Gasteiger partial charge in [0.15, 0.2) is 5.82 Å². The van der Waals surface area contributed by atoms with Gasteiger partial charge >= 0.3 is 0 Å². The van der Waals surface area contributed by atoms with Gasteiger partial charge in [-0.3, -0.25) is 0 Å². The number of aromatic nitrogens is 2. The first kappa shape index (κ1) is 21.8. The molecule has 0 bridgehead atoms. The first-order chi connectivity index (χ1) is 25.5. The fraction of sp³-hybridized carbons (Fsp3) is 0.0667. The van der Waals surface area contributed by atoms with E-state index in [2.05, 4.69) is 36.4 Å². The lowest BCUT2D eigenvalue weighted by Gasteiger charge is -2.22. The molecule has 0 radical (unpaired) electrons. The van der Waals surface area contributed by atoms with Crippen LogP contribution in [0.2, 0.25) is 0 Å². The Labute approximate surface area is 283 Å². The van der Waals surface area contributed by atoms with Gasteiger partial charge in [-0.25, -0.2) is 9.97 Å². The van der Waals surface area contributed by atoms with E-state index in [9.17, 15) is 0 Å². The van der Waals surface area contributed by atoms with Crippen molar-refractivity contribution in [2.75, 3.05) is 0 Å². The molecule has 0 spiro atoms. The van der Waals surface area contributed by atoms with Gasteiger partial charge < -0.3 is 0 Å². The van der Waals surface area contributed by atoms with Gasteiger partial charge in [-0.2, -0.15) is 0 Å². The molecule has 0 N–H and O–H groups in total. The van der Waals surface area contributed by atoms with Crippen LogP contribution in [-0.4, -0.2) is 9.97 Å². The Morgan fingerprint density at radius 3 is 1.91 bits per heavy atom. The lowest BCUT2D eigenvalue weighted by molar-refractivity contribution is 0.660. The predicted molar refractivity (Wildman–Crippen MR) is 196 cm³/mol. The van der Waals surface area contributed by atoms with Crippen LogP contribution in [-0.2, 0) is 5.41 Å². The van der Waals surface area contributed by atoms with E-state index in [0.29, 0.717) is 28.1 Å². The van der Waals surface area contributed by atoms with Crippen molar-refractivity contribution >= 4 is 21.5 Å². The maximum atomic E-state index is 8.68. The third-order valence-electron chi connectivity index (χ3n) is 9.36. The molecular weight excluding hydrogens is 569 g/mol. The highest BCUT2D eigenvalue weighted by atomic mass is 14.9. The van der Waals surface area contributed by atoms with Crippen LogP contribution >= 0.6 is 0 Å². The Bertz CT molecular complexity index is 2700. The molecule has 47 heavy (non-hydrogen) atoms. The highest BCUT2D eigenvalue weighted by molar-refractivity contribution is 6.05. The van der Waals surface area contributed by atoms with Crippen LogP contribution < -0.4 is 0 Å². The molecular formula is C45H32N2. The fourth-order valence-electron chi connectivity index (χ4n) is 7.02. The Balaban J connectivity index is 1.24. The minimum atomic E-state index is -2.84. The van der Waals surface area contributed by atoms with E-state index >= 15 is 0 Å². The van der Waals surface area contributed by atoms with Crippen LogP contribution in [0.3, 0.4) is 0 Å². The van der Waals surface area contributed by atoms with Crippen molar-refractivity contribution in [2.45, 2.75) is 19.1 Å². The topological polar surface area (TPSA) is 25.8 Å². The van der Waals surface area contributed by atoms with Crippen LogP contribution in [0.1, 0.15) is 33.1 Å². The summed E-state index contributed by atoms with van der Waals surface area (Å²) >= 11 is 0. The van der Waals surface area contributed by atoms with E-state index in [0.717, 1.165) is 60.8 Å². The zero-order valence-corrected chi connectivity index (χ0v) is 25.4. The smallest absolute Gasteiger partial charge is 0.160 e. The van der Waals surface area contributed by atoms with E-state index in [4.69, 9.17) is 18.2 Å². The molecule has 0 amide bonds. The lowest BCUT2D eigenvalue weighted by atomic mass is 9.81. The zero-order valence-electron chi connectivity index (χ0n) is 31.4. The van der Waals surface area contributed by atoms with Crippen molar-refractivity contribution in [3.05, 3.63) is 169 Å². The molecule has 8 aromatic rings. The summed E-state index contributed by atoms with van der Waals surface area (Å²) < 4.78 is 52.1. The van der Waals surface area contributed by atoms with Crippen molar-refractivity contribution < 1.29 is 8.22 Å². The second-order valence-corrected chi connectivity index (χ2v) is 12.2. The Morgan fingerprint density at radius 1 is 0.426 bits per heavy atom. The van der Waals surface area contributed by atoms with E-state index in [-0.39, 0.29) is 0 Å². The van der Waals surface area contributed by atoms with E-state index in [1.54, 1.807) is 18.2 Å². The third kappa shape index (κ3) is 4.48. The summed E-state index contributed by atoms with van der Waals surface area (Å²) in [6, 6.07) is 51.4. The van der Waals surface area contributed by atoms with Crippen molar-refractivity contribution in [1.29, 1.82) is 0 Å². The number of hydrogen-bond acceptors (Lipinski definition) is 2. The zero-order chi connectivity index (χ0) is 36.5. The van der Waals surface area contributed by atoms with Gasteiger partial charge in [-0.1, -0.05) is 153 Å². The van der Waals surface area contributed by atoms with Crippen LogP contribution in [0.15, 0.2) is 158 Å². The van der Waals surface area contributed by atoms with Crippen LogP contribution in [0, 0.1) is 0 Å². The average Bonchev–Trinajstić information content (AvgIpc) is 3.49. The van der Waals surface area contributed by atoms with Crippen molar-refractivity contribution in [2.24, 2.45) is 0 Å². The standard InChI is InChI=1S/C45H32N2/c1-45(2)40-19-11-10-18-37(40)38-23-22-32(27-41(38)45)34-24-25-39(36-17-9-8-16-35(34)36)43-28-42(46-44(47-43)30-13-4-3-5-14-30)33-21-20-29-12-6-7-15-31(29)26-33/h3-28H,1-2H3/i1D3,2D3. The summed E-state index contributed by atoms with van der Waals surface area (Å²) in [7, 11) is 0. The normalized spacial score (nSPS) is 15.5. The lowest BCUT2D eigenvalue weighted by Crippen LogP contribution is -2.14. The second kappa shape index (κ2) is 10.6. The number of benzene rings is 7. The van der Waals surface area contributed by atoms with Crippen LogP contribution in [0.5, 0.6) is 0 Å². The molecule has 1 aliphatic carbocycles. The average molecular weight is 607 g/mol. The van der Waals surface area contributed by atoms with Gasteiger partial charge in [0.1, 0.15) is 0 Å². The predicted octanol–water partition coefficient (Wildman–Crippen LogP) is 11.8.